The Morgan fingerprint density at radius 2 is 1.88 bits per heavy atom. The molecule has 1 rings (SSSR count). The Balaban J connectivity index is 0.000000281. The first-order chi connectivity index (χ1) is 7.60. The third-order valence-electron chi connectivity index (χ3n) is 2.44. The molecule has 5 heteroatoms. The fraction of sp³-hybridized carbons (Fsp3) is 0.909. The van der Waals surface area contributed by atoms with E-state index in [1.807, 2.05) is 0 Å². The summed E-state index contributed by atoms with van der Waals surface area (Å²) in [5.41, 5.74) is 5.43. The van der Waals surface area contributed by atoms with E-state index >= 15 is 0 Å². The number of hydrogen-bond donors (Lipinski definition) is 2. The van der Waals surface area contributed by atoms with E-state index in [-0.39, 0.29) is 0 Å². The van der Waals surface area contributed by atoms with Crippen molar-refractivity contribution >= 4 is 6.72 Å². The van der Waals surface area contributed by atoms with Crippen LogP contribution in [0.2, 0.25) is 0 Å². The fourth-order valence-electron chi connectivity index (χ4n) is 1.57. The summed E-state index contributed by atoms with van der Waals surface area (Å²) in [5.74, 6) is 5.82. The van der Waals surface area contributed by atoms with Gasteiger partial charge in [0.2, 0.25) is 0 Å². The van der Waals surface area contributed by atoms with Crippen LogP contribution in [0.1, 0.15) is 33.1 Å². The Morgan fingerprint density at radius 1 is 1.31 bits per heavy atom. The molecule has 4 N–H and O–H groups in total. The molecule has 1 fully saturated rings. The van der Waals surface area contributed by atoms with Crippen molar-refractivity contribution in [1.29, 1.82) is 0 Å². The number of nitrogens with zero attached hydrogens (tertiary/aromatic N) is 3. The summed E-state index contributed by atoms with van der Waals surface area (Å²) in [7, 11) is 0. The Bertz CT molecular complexity index is 166. The first-order valence-electron chi connectivity index (χ1n) is 6.01. The van der Waals surface area contributed by atoms with E-state index in [1.165, 1.54) is 37.5 Å². The second-order valence-electron chi connectivity index (χ2n) is 4.52. The van der Waals surface area contributed by atoms with Crippen LogP contribution in [0.4, 0.5) is 0 Å². The van der Waals surface area contributed by atoms with Crippen LogP contribution in [-0.4, -0.2) is 43.0 Å². The van der Waals surface area contributed by atoms with Crippen molar-refractivity contribution in [3.05, 3.63) is 0 Å². The van der Waals surface area contributed by atoms with Gasteiger partial charge in [-0.3, -0.25) is 4.90 Å². The highest BCUT2D eigenvalue weighted by molar-refractivity contribution is 5.22. The van der Waals surface area contributed by atoms with E-state index in [1.54, 1.807) is 0 Å². The number of nitrogens with two attached hydrogens (primary N) is 2. The number of piperidine rings is 1. The molecule has 1 saturated heterocycles. The molecule has 0 spiro atoms. The van der Waals surface area contributed by atoms with Crippen molar-refractivity contribution < 1.29 is 0 Å². The van der Waals surface area contributed by atoms with Crippen molar-refractivity contribution in [3.63, 3.8) is 0 Å². The predicted octanol–water partition coefficient (Wildman–Crippen LogP) is 0.822. The number of hydrazone groups is 1. The number of rotatable bonds is 4. The maximum absolute atomic E-state index is 5.43. The molecule has 1 aliphatic rings. The van der Waals surface area contributed by atoms with Crippen LogP contribution in [0.5, 0.6) is 0 Å². The van der Waals surface area contributed by atoms with E-state index in [4.69, 9.17) is 11.6 Å². The highest BCUT2D eigenvalue weighted by Crippen LogP contribution is 2.05. The van der Waals surface area contributed by atoms with E-state index < -0.39 is 0 Å². The maximum atomic E-state index is 5.43. The molecule has 0 aromatic rings. The van der Waals surface area contributed by atoms with E-state index in [0.29, 0.717) is 5.92 Å². The van der Waals surface area contributed by atoms with Gasteiger partial charge in [-0.2, -0.15) is 5.10 Å². The van der Waals surface area contributed by atoms with Crippen LogP contribution in [-0.2, 0) is 0 Å². The molecule has 0 amide bonds. The topological polar surface area (TPSA) is 70.9 Å². The maximum Gasteiger partial charge on any atom is 0.0553 e. The van der Waals surface area contributed by atoms with E-state index in [9.17, 15) is 0 Å². The molecule has 0 aliphatic carbocycles. The van der Waals surface area contributed by atoms with Crippen molar-refractivity contribution in [2.45, 2.75) is 33.1 Å². The van der Waals surface area contributed by atoms with Gasteiger partial charge in [-0.05, 0) is 31.8 Å². The Labute approximate surface area is 99.4 Å². The molecule has 0 radical (unpaired) electrons. The van der Waals surface area contributed by atoms with Gasteiger partial charge in [0.15, 0.2) is 0 Å². The summed E-state index contributed by atoms with van der Waals surface area (Å²) in [6.07, 6.45) is 4.09. The van der Waals surface area contributed by atoms with Crippen LogP contribution in [0.3, 0.4) is 0 Å². The van der Waals surface area contributed by atoms with Gasteiger partial charge in [0.1, 0.15) is 0 Å². The second-order valence-corrected chi connectivity index (χ2v) is 4.52. The largest absolute Gasteiger partial charge is 0.318 e. The minimum atomic E-state index is 0.547. The standard InChI is InChI=1S/C6H14N2.C5H13N3/c7-6-8-4-2-1-3-5-8;1-5(2)4-8(6)7-3/h1-7H2;5H,3-4,6H2,1-2H3. The van der Waals surface area contributed by atoms with Crippen LogP contribution in [0.25, 0.3) is 0 Å². The van der Waals surface area contributed by atoms with Crippen molar-refractivity contribution in [1.82, 2.24) is 10.0 Å². The Hall–Kier alpha value is -0.650. The molecule has 0 aromatic carbocycles. The third kappa shape index (κ3) is 8.64. The lowest BCUT2D eigenvalue weighted by Gasteiger charge is -2.23. The molecule has 0 bridgehead atoms. The lowest BCUT2D eigenvalue weighted by Crippen LogP contribution is -2.34. The van der Waals surface area contributed by atoms with Gasteiger partial charge in [-0.1, -0.05) is 20.3 Å². The number of hydrogen-bond acceptors (Lipinski definition) is 5. The monoisotopic (exact) mass is 229 g/mol. The first-order valence-corrected chi connectivity index (χ1v) is 6.01. The second kappa shape index (κ2) is 9.57. The average Bonchev–Trinajstić information content (AvgIpc) is 2.30. The van der Waals surface area contributed by atoms with Gasteiger partial charge in [-0.25, -0.2) is 11.0 Å². The van der Waals surface area contributed by atoms with Gasteiger partial charge in [0, 0.05) is 13.4 Å². The first kappa shape index (κ1) is 15.3. The van der Waals surface area contributed by atoms with Gasteiger partial charge < -0.3 is 5.73 Å². The molecule has 0 aromatic heterocycles. The van der Waals surface area contributed by atoms with Crippen molar-refractivity contribution in [2.24, 2.45) is 22.6 Å². The molecule has 96 valence electrons. The minimum Gasteiger partial charge on any atom is -0.318 e. The smallest absolute Gasteiger partial charge is 0.0553 e. The van der Waals surface area contributed by atoms with Crippen molar-refractivity contribution in [2.75, 3.05) is 26.3 Å². The zero-order valence-corrected chi connectivity index (χ0v) is 10.7. The summed E-state index contributed by atoms with van der Waals surface area (Å²) < 4.78 is 0. The fourth-order valence-corrected chi connectivity index (χ4v) is 1.57. The predicted molar refractivity (Wildman–Crippen MR) is 69.8 cm³/mol. The molecule has 5 nitrogen and oxygen atoms in total. The van der Waals surface area contributed by atoms with Gasteiger partial charge >= 0.3 is 0 Å². The summed E-state index contributed by atoms with van der Waals surface area (Å²) in [4.78, 5) is 2.30. The van der Waals surface area contributed by atoms with E-state index in [2.05, 4.69) is 30.6 Å². The third-order valence-corrected chi connectivity index (χ3v) is 2.44. The zero-order chi connectivity index (χ0) is 12.4. The number of hydrazine groups is 1. The van der Waals surface area contributed by atoms with Gasteiger partial charge in [0.05, 0.1) is 6.54 Å². The normalized spacial score (nSPS) is 16.6. The number of likely N-dealkylation sites (tertiary alicyclic amines) is 1. The molecule has 1 heterocycles. The zero-order valence-electron chi connectivity index (χ0n) is 10.7. The average molecular weight is 229 g/mol. The van der Waals surface area contributed by atoms with Crippen LogP contribution in [0.15, 0.2) is 5.10 Å². The molecule has 0 saturated carbocycles. The van der Waals surface area contributed by atoms with Crippen LogP contribution >= 0.6 is 0 Å². The molecule has 16 heavy (non-hydrogen) atoms. The summed E-state index contributed by atoms with van der Waals surface area (Å²) >= 11 is 0. The quantitative estimate of drug-likeness (QED) is 0.425. The lowest BCUT2D eigenvalue weighted by molar-refractivity contribution is 0.235. The molecule has 0 atom stereocenters. The summed E-state index contributed by atoms with van der Waals surface area (Å²) in [6.45, 7) is 11.4. The van der Waals surface area contributed by atoms with E-state index in [0.717, 1.165) is 13.2 Å². The highest BCUT2D eigenvalue weighted by atomic mass is 15.6. The Kier molecular flexibility index (Phi) is 9.18. The van der Waals surface area contributed by atoms with Crippen molar-refractivity contribution in [3.8, 4) is 0 Å². The van der Waals surface area contributed by atoms with Crippen LogP contribution < -0.4 is 11.6 Å². The summed E-state index contributed by atoms with van der Waals surface area (Å²) in [5, 5.41) is 4.83. The SMILES string of the molecule is C=NN(N)CC(C)C.NCN1CCCCC1. The van der Waals surface area contributed by atoms with Gasteiger partial charge in [-0.15, -0.1) is 0 Å². The minimum absolute atomic E-state index is 0.547. The molecule has 1 aliphatic heterocycles. The summed E-state index contributed by atoms with van der Waals surface area (Å²) in [6, 6.07) is 0. The van der Waals surface area contributed by atoms with Gasteiger partial charge in [0.25, 0.3) is 0 Å². The molecular weight excluding hydrogens is 202 g/mol. The Morgan fingerprint density at radius 3 is 2.12 bits per heavy atom. The molecular formula is C11H27N5. The lowest BCUT2D eigenvalue weighted by atomic mass is 10.1. The molecule has 0 unspecified atom stereocenters. The van der Waals surface area contributed by atoms with Crippen LogP contribution in [0, 0.1) is 5.92 Å². The highest BCUT2D eigenvalue weighted by Gasteiger charge is 2.05.